The van der Waals surface area contributed by atoms with Crippen molar-refractivity contribution >= 4 is 24.1 Å². The zero-order chi connectivity index (χ0) is 27.2. The Hall–Kier alpha value is -2.04. The molecule has 7 nitrogen and oxygen atoms in total. The second-order valence-electron chi connectivity index (χ2n) is 11.8. The molecule has 2 aliphatic rings. The summed E-state index contributed by atoms with van der Waals surface area (Å²) in [5.74, 6) is -1.60. The molecule has 9 heteroatoms. The first-order valence-corrected chi connectivity index (χ1v) is 17.1. The summed E-state index contributed by atoms with van der Waals surface area (Å²) in [6.45, 7) is 14.4. The minimum atomic E-state index is -3.88. The monoisotopic (exact) mass is 546 g/mol. The van der Waals surface area contributed by atoms with Crippen LogP contribution in [0.25, 0.3) is 0 Å². The maximum absolute atomic E-state index is 13.7. The lowest BCUT2D eigenvalue weighted by Crippen LogP contribution is -2.49. The van der Waals surface area contributed by atoms with Crippen molar-refractivity contribution in [1.82, 2.24) is 0 Å². The lowest BCUT2D eigenvalue weighted by atomic mass is 9.96. The third-order valence-corrected chi connectivity index (χ3v) is 14.2. The summed E-state index contributed by atoms with van der Waals surface area (Å²) >= 11 is 0. The Morgan fingerprint density at radius 3 is 2.08 bits per heavy atom. The van der Waals surface area contributed by atoms with Crippen LogP contribution in [-0.4, -0.2) is 52.1 Å². The molecule has 0 aliphatic carbocycles. The fourth-order valence-electron chi connectivity index (χ4n) is 4.67. The lowest BCUT2D eigenvalue weighted by molar-refractivity contribution is -0.165. The van der Waals surface area contributed by atoms with E-state index in [0.29, 0.717) is 0 Å². The smallest absolute Gasteiger partial charge is 0.307 e. The van der Waals surface area contributed by atoms with Crippen molar-refractivity contribution in [2.45, 2.75) is 99.5 Å². The van der Waals surface area contributed by atoms with Crippen molar-refractivity contribution in [3.05, 3.63) is 66.2 Å². The molecule has 0 aromatic heterocycles. The van der Waals surface area contributed by atoms with E-state index in [4.69, 9.17) is 18.6 Å². The molecule has 0 N–H and O–H groups in total. The van der Waals surface area contributed by atoms with E-state index in [1.807, 2.05) is 30.3 Å². The number of ether oxygens (including phenoxy) is 3. The molecule has 0 saturated carbocycles. The molecule has 2 aromatic carbocycles. The SMILES string of the molecule is CC1(C)O[C@H]([C@H](O[Si](C)(C)C(C)(C)C)c2ccccc2)[C@@H]([C@H]2OC(=O)CC2S(=O)(=O)c2ccccc2)O1. The van der Waals surface area contributed by atoms with E-state index in [0.717, 1.165) is 5.56 Å². The van der Waals surface area contributed by atoms with E-state index in [1.54, 1.807) is 32.0 Å². The van der Waals surface area contributed by atoms with Gasteiger partial charge < -0.3 is 18.6 Å². The van der Waals surface area contributed by atoms with Crippen LogP contribution in [0, 0.1) is 0 Å². The third kappa shape index (κ3) is 5.71. The van der Waals surface area contributed by atoms with Crippen molar-refractivity contribution in [1.29, 1.82) is 0 Å². The highest BCUT2D eigenvalue weighted by molar-refractivity contribution is 7.92. The van der Waals surface area contributed by atoms with Crippen LogP contribution in [0.4, 0.5) is 0 Å². The van der Waals surface area contributed by atoms with Crippen molar-refractivity contribution in [3.8, 4) is 0 Å². The van der Waals surface area contributed by atoms with Crippen molar-refractivity contribution in [2.75, 3.05) is 0 Å². The maximum atomic E-state index is 13.7. The van der Waals surface area contributed by atoms with Gasteiger partial charge in [-0.25, -0.2) is 8.42 Å². The predicted octanol–water partition coefficient (Wildman–Crippen LogP) is 5.43. The van der Waals surface area contributed by atoms with E-state index >= 15 is 0 Å². The number of sulfone groups is 1. The lowest BCUT2D eigenvalue weighted by Gasteiger charge is -2.42. The topological polar surface area (TPSA) is 88.1 Å². The molecule has 0 bridgehead atoms. The molecule has 0 radical (unpaired) electrons. The van der Waals surface area contributed by atoms with Gasteiger partial charge in [-0.15, -0.1) is 0 Å². The maximum Gasteiger partial charge on any atom is 0.307 e. The van der Waals surface area contributed by atoms with Crippen LogP contribution in [0.15, 0.2) is 65.6 Å². The Morgan fingerprint density at radius 1 is 0.946 bits per heavy atom. The van der Waals surface area contributed by atoms with Crippen molar-refractivity contribution in [3.63, 3.8) is 0 Å². The molecule has 2 saturated heterocycles. The van der Waals surface area contributed by atoms with Gasteiger partial charge >= 0.3 is 5.97 Å². The Bertz CT molecular complexity index is 1210. The fraction of sp³-hybridized carbons (Fsp3) is 0.536. The molecule has 2 fully saturated rings. The summed E-state index contributed by atoms with van der Waals surface area (Å²) in [5, 5.41) is -1.18. The molecule has 0 amide bonds. The van der Waals surface area contributed by atoms with Gasteiger partial charge in [0.25, 0.3) is 0 Å². The second-order valence-corrected chi connectivity index (χ2v) is 18.8. The van der Waals surface area contributed by atoms with Gasteiger partial charge in [-0.1, -0.05) is 69.3 Å². The summed E-state index contributed by atoms with van der Waals surface area (Å²) < 4.78 is 52.7. The number of carbonyl (C=O) groups excluding carboxylic acids is 1. The van der Waals surface area contributed by atoms with Gasteiger partial charge in [0.05, 0.1) is 17.4 Å². The number of rotatable bonds is 7. The molecule has 2 aromatic rings. The Balaban J connectivity index is 1.77. The van der Waals surface area contributed by atoms with E-state index in [1.165, 1.54) is 12.1 Å². The van der Waals surface area contributed by atoms with Crippen LogP contribution in [0.2, 0.25) is 18.1 Å². The number of benzene rings is 2. The van der Waals surface area contributed by atoms with Gasteiger partial charge in [-0.05, 0) is 49.7 Å². The normalized spacial score (nSPS) is 27.2. The second kappa shape index (κ2) is 9.93. The minimum absolute atomic E-state index is 0.0798. The van der Waals surface area contributed by atoms with Crippen LogP contribution >= 0.6 is 0 Å². The average Bonchev–Trinajstić information content (AvgIpc) is 3.37. The molecular weight excluding hydrogens is 508 g/mol. The van der Waals surface area contributed by atoms with Crippen molar-refractivity contribution in [2.24, 2.45) is 0 Å². The fourth-order valence-corrected chi connectivity index (χ4v) is 7.74. The standard InChI is InChI=1S/C28H38O7SSi/c1-27(2,3)37(6,7)35-23(19-14-10-8-11-15-19)25-26(34-28(4,5)33-25)24-21(18-22(29)32-24)36(30,31)20-16-12-9-13-17-20/h8-17,21,23-26H,18H2,1-7H3/t21?,23-,24+,25-,26-/m1/s1. The summed E-state index contributed by atoms with van der Waals surface area (Å²) in [6, 6.07) is 17.9. The molecule has 202 valence electrons. The summed E-state index contributed by atoms with van der Waals surface area (Å²) in [5.41, 5.74) is 0.899. The summed E-state index contributed by atoms with van der Waals surface area (Å²) in [4.78, 5) is 12.7. The molecule has 1 unspecified atom stereocenters. The van der Waals surface area contributed by atoms with Crippen LogP contribution in [0.5, 0.6) is 0 Å². The molecule has 2 heterocycles. The molecular formula is C28H38O7SSi. The molecule has 4 rings (SSSR count). The molecule has 2 aliphatic heterocycles. The zero-order valence-corrected chi connectivity index (χ0v) is 24.4. The van der Waals surface area contributed by atoms with Gasteiger partial charge in [0, 0.05) is 0 Å². The molecule has 37 heavy (non-hydrogen) atoms. The molecule has 0 spiro atoms. The first-order chi connectivity index (χ1) is 17.1. The highest BCUT2D eigenvalue weighted by Gasteiger charge is 2.58. The first kappa shape index (κ1) is 28.0. The number of hydrogen-bond donors (Lipinski definition) is 0. The van der Waals surface area contributed by atoms with Gasteiger partial charge in [0.2, 0.25) is 0 Å². The number of cyclic esters (lactones) is 1. The van der Waals surface area contributed by atoms with Crippen LogP contribution in [-0.2, 0) is 33.3 Å². The van der Waals surface area contributed by atoms with Crippen LogP contribution in [0.1, 0.15) is 52.7 Å². The van der Waals surface area contributed by atoms with Gasteiger partial charge in [-0.3, -0.25) is 4.79 Å². The zero-order valence-electron chi connectivity index (χ0n) is 22.6. The third-order valence-electron chi connectivity index (χ3n) is 7.61. The average molecular weight is 547 g/mol. The summed E-state index contributed by atoms with van der Waals surface area (Å²) in [7, 11) is -6.20. The molecule has 5 atom stereocenters. The van der Waals surface area contributed by atoms with E-state index in [2.05, 4.69) is 33.9 Å². The number of carbonyl (C=O) groups is 1. The highest BCUT2D eigenvalue weighted by Crippen LogP contribution is 2.46. The van der Waals surface area contributed by atoms with Crippen LogP contribution < -0.4 is 0 Å². The Kier molecular flexibility index (Phi) is 7.51. The summed E-state index contributed by atoms with van der Waals surface area (Å²) in [6.07, 6.45) is -3.38. The van der Waals surface area contributed by atoms with Gasteiger partial charge in [0.1, 0.15) is 23.6 Å². The van der Waals surface area contributed by atoms with E-state index in [9.17, 15) is 13.2 Å². The quantitative estimate of drug-likeness (QED) is 0.338. The highest BCUT2D eigenvalue weighted by atomic mass is 32.2. The van der Waals surface area contributed by atoms with Gasteiger partial charge in [-0.2, -0.15) is 0 Å². The van der Waals surface area contributed by atoms with Crippen molar-refractivity contribution < 1.29 is 31.8 Å². The number of hydrogen-bond acceptors (Lipinski definition) is 7. The number of esters is 1. The predicted molar refractivity (Wildman–Crippen MR) is 143 cm³/mol. The minimum Gasteiger partial charge on any atom is -0.458 e. The first-order valence-electron chi connectivity index (χ1n) is 12.7. The Labute approximate surface area is 221 Å². The van der Waals surface area contributed by atoms with Crippen LogP contribution in [0.3, 0.4) is 0 Å². The largest absolute Gasteiger partial charge is 0.458 e. The van der Waals surface area contributed by atoms with Gasteiger partial charge in [0.15, 0.2) is 23.9 Å². The van der Waals surface area contributed by atoms with E-state index < -0.39 is 59.6 Å². The Morgan fingerprint density at radius 2 is 1.51 bits per heavy atom. The van der Waals surface area contributed by atoms with E-state index in [-0.39, 0.29) is 16.4 Å².